The summed E-state index contributed by atoms with van der Waals surface area (Å²) in [6.07, 6.45) is 2.25. The van der Waals surface area contributed by atoms with E-state index in [0.29, 0.717) is 12.5 Å². The molecule has 1 aliphatic heterocycles. The van der Waals surface area contributed by atoms with Crippen molar-refractivity contribution in [2.75, 3.05) is 19.6 Å². The molecule has 0 aliphatic carbocycles. The van der Waals surface area contributed by atoms with Crippen LogP contribution >= 0.6 is 0 Å². The van der Waals surface area contributed by atoms with E-state index in [1.807, 2.05) is 35.2 Å². The lowest BCUT2D eigenvalue weighted by Crippen LogP contribution is -2.45. The third kappa shape index (κ3) is 4.59. The molecule has 0 radical (unpaired) electrons. The van der Waals surface area contributed by atoms with Crippen LogP contribution in [0.25, 0.3) is 0 Å². The molecule has 2 rings (SSSR count). The second-order valence-electron chi connectivity index (χ2n) is 5.95. The first-order valence-corrected chi connectivity index (χ1v) is 7.63. The summed E-state index contributed by atoms with van der Waals surface area (Å²) < 4.78 is 0. The van der Waals surface area contributed by atoms with E-state index in [1.165, 1.54) is 13.3 Å². The Labute approximate surface area is 126 Å². The molecule has 1 heterocycles. The van der Waals surface area contributed by atoms with Gasteiger partial charge in [-0.25, -0.2) is 0 Å². The highest BCUT2D eigenvalue weighted by Crippen LogP contribution is 2.16. The molecule has 1 aromatic carbocycles. The van der Waals surface area contributed by atoms with Crippen molar-refractivity contribution in [2.45, 2.75) is 33.2 Å². The first-order chi connectivity index (χ1) is 10.1. The number of hydrogen-bond acceptors (Lipinski definition) is 2. The quantitative estimate of drug-likeness (QED) is 0.853. The van der Waals surface area contributed by atoms with Gasteiger partial charge in [0.05, 0.1) is 0 Å². The fourth-order valence-corrected chi connectivity index (χ4v) is 2.76. The predicted molar refractivity (Wildman–Crippen MR) is 82.5 cm³/mol. The van der Waals surface area contributed by atoms with E-state index < -0.39 is 0 Å². The van der Waals surface area contributed by atoms with Crippen LogP contribution < -0.4 is 0 Å². The van der Waals surface area contributed by atoms with Gasteiger partial charge in [0, 0.05) is 26.6 Å². The van der Waals surface area contributed by atoms with Crippen LogP contribution in [0.3, 0.4) is 0 Å². The second-order valence-corrected chi connectivity index (χ2v) is 5.95. The first kappa shape index (κ1) is 15.5. The summed E-state index contributed by atoms with van der Waals surface area (Å²) in [5, 5.41) is 0. The average Bonchev–Trinajstić information content (AvgIpc) is 2.47. The number of carbonyl (C=O) groups is 2. The molecule has 1 fully saturated rings. The minimum Gasteiger partial charge on any atom is -0.341 e. The summed E-state index contributed by atoms with van der Waals surface area (Å²) in [4.78, 5) is 27.7. The third-order valence-corrected chi connectivity index (χ3v) is 4.00. The van der Waals surface area contributed by atoms with Gasteiger partial charge in [-0.2, -0.15) is 0 Å². The van der Waals surface area contributed by atoms with E-state index in [-0.39, 0.29) is 18.4 Å². The monoisotopic (exact) mass is 288 g/mol. The van der Waals surface area contributed by atoms with Crippen molar-refractivity contribution in [3.05, 3.63) is 35.9 Å². The number of amides is 2. The number of nitrogens with zero attached hydrogens (tertiary/aromatic N) is 2. The van der Waals surface area contributed by atoms with Crippen LogP contribution in [0.1, 0.15) is 32.3 Å². The number of rotatable bonds is 4. The summed E-state index contributed by atoms with van der Waals surface area (Å²) in [7, 11) is 0. The Kier molecular flexibility index (Phi) is 5.37. The van der Waals surface area contributed by atoms with Gasteiger partial charge < -0.3 is 9.80 Å². The molecule has 2 amide bonds. The van der Waals surface area contributed by atoms with Gasteiger partial charge in [-0.05, 0) is 24.3 Å². The zero-order chi connectivity index (χ0) is 15.2. The van der Waals surface area contributed by atoms with Crippen molar-refractivity contribution in [2.24, 2.45) is 5.92 Å². The van der Waals surface area contributed by atoms with Gasteiger partial charge in [-0.3, -0.25) is 9.59 Å². The molecule has 1 saturated heterocycles. The van der Waals surface area contributed by atoms with Crippen molar-refractivity contribution in [1.82, 2.24) is 9.80 Å². The molecule has 0 N–H and O–H groups in total. The molecular formula is C17H24N2O2. The van der Waals surface area contributed by atoms with Crippen LogP contribution in [0.5, 0.6) is 0 Å². The number of carbonyl (C=O) groups excluding carboxylic acids is 2. The molecule has 114 valence electrons. The van der Waals surface area contributed by atoms with Gasteiger partial charge in [0.25, 0.3) is 0 Å². The van der Waals surface area contributed by atoms with Crippen LogP contribution in [0.2, 0.25) is 0 Å². The SMILES string of the molecule is CC(=O)N(CC(=O)N1CCCC(C)C1)Cc1ccccc1. The Bertz CT molecular complexity index is 487. The molecule has 0 bridgehead atoms. The third-order valence-electron chi connectivity index (χ3n) is 4.00. The first-order valence-electron chi connectivity index (χ1n) is 7.63. The maximum atomic E-state index is 12.4. The average molecular weight is 288 g/mol. The molecule has 1 aliphatic rings. The lowest BCUT2D eigenvalue weighted by molar-refractivity contribution is -0.140. The molecule has 1 aromatic rings. The van der Waals surface area contributed by atoms with Crippen molar-refractivity contribution in [1.29, 1.82) is 0 Å². The Balaban J connectivity index is 1.96. The zero-order valence-electron chi connectivity index (χ0n) is 12.9. The molecule has 0 saturated carbocycles. The maximum absolute atomic E-state index is 12.4. The molecular weight excluding hydrogens is 264 g/mol. The number of hydrogen-bond donors (Lipinski definition) is 0. The van der Waals surface area contributed by atoms with Gasteiger partial charge in [0.2, 0.25) is 11.8 Å². The minimum absolute atomic E-state index is 0.0581. The summed E-state index contributed by atoms with van der Waals surface area (Å²) in [5.41, 5.74) is 1.05. The molecule has 4 heteroatoms. The number of benzene rings is 1. The van der Waals surface area contributed by atoms with Gasteiger partial charge in [0.15, 0.2) is 0 Å². The van der Waals surface area contributed by atoms with E-state index in [2.05, 4.69) is 6.92 Å². The topological polar surface area (TPSA) is 40.6 Å². The smallest absolute Gasteiger partial charge is 0.242 e. The molecule has 1 unspecified atom stereocenters. The largest absolute Gasteiger partial charge is 0.341 e. The summed E-state index contributed by atoms with van der Waals surface area (Å²) in [5.74, 6) is 0.563. The molecule has 4 nitrogen and oxygen atoms in total. The summed E-state index contributed by atoms with van der Waals surface area (Å²) in [6.45, 7) is 6.00. The second kappa shape index (κ2) is 7.25. The van der Waals surface area contributed by atoms with Crippen LogP contribution in [-0.4, -0.2) is 41.2 Å². The highest BCUT2D eigenvalue weighted by molar-refractivity contribution is 5.83. The fourth-order valence-electron chi connectivity index (χ4n) is 2.76. The molecule has 0 aromatic heterocycles. The maximum Gasteiger partial charge on any atom is 0.242 e. The lowest BCUT2D eigenvalue weighted by atomic mass is 10.0. The molecule has 0 spiro atoms. The van der Waals surface area contributed by atoms with Crippen LogP contribution in [0.15, 0.2) is 30.3 Å². The number of likely N-dealkylation sites (tertiary alicyclic amines) is 1. The van der Waals surface area contributed by atoms with Crippen LogP contribution in [-0.2, 0) is 16.1 Å². The van der Waals surface area contributed by atoms with E-state index in [9.17, 15) is 9.59 Å². The van der Waals surface area contributed by atoms with Crippen LogP contribution in [0.4, 0.5) is 0 Å². The Morgan fingerprint density at radius 2 is 2.00 bits per heavy atom. The highest BCUT2D eigenvalue weighted by Gasteiger charge is 2.23. The summed E-state index contributed by atoms with van der Waals surface area (Å²) in [6, 6.07) is 9.79. The van der Waals surface area contributed by atoms with Gasteiger partial charge in [0.1, 0.15) is 6.54 Å². The minimum atomic E-state index is -0.0581. The van der Waals surface area contributed by atoms with E-state index in [0.717, 1.165) is 25.1 Å². The fraction of sp³-hybridized carbons (Fsp3) is 0.529. The standard InChI is InChI=1S/C17H24N2O2/c1-14-7-6-10-18(11-14)17(21)13-19(15(2)20)12-16-8-4-3-5-9-16/h3-5,8-9,14H,6-7,10-13H2,1-2H3. The Hall–Kier alpha value is -1.84. The predicted octanol–water partition coefficient (Wildman–Crippen LogP) is 2.29. The Morgan fingerprint density at radius 1 is 1.29 bits per heavy atom. The van der Waals surface area contributed by atoms with Crippen molar-refractivity contribution in [3.8, 4) is 0 Å². The van der Waals surface area contributed by atoms with E-state index in [1.54, 1.807) is 4.90 Å². The Morgan fingerprint density at radius 3 is 2.62 bits per heavy atom. The van der Waals surface area contributed by atoms with Crippen molar-refractivity contribution in [3.63, 3.8) is 0 Å². The normalized spacial score (nSPS) is 18.4. The highest BCUT2D eigenvalue weighted by atomic mass is 16.2. The van der Waals surface area contributed by atoms with E-state index >= 15 is 0 Å². The van der Waals surface area contributed by atoms with Crippen molar-refractivity contribution >= 4 is 11.8 Å². The van der Waals surface area contributed by atoms with Gasteiger partial charge >= 0.3 is 0 Å². The summed E-state index contributed by atoms with van der Waals surface area (Å²) >= 11 is 0. The van der Waals surface area contributed by atoms with Gasteiger partial charge in [-0.1, -0.05) is 37.3 Å². The zero-order valence-corrected chi connectivity index (χ0v) is 12.9. The lowest BCUT2D eigenvalue weighted by Gasteiger charge is -2.32. The van der Waals surface area contributed by atoms with Crippen LogP contribution in [0, 0.1) is 5.92 Å². The van der Waals surface area contributed by atoms with E-state index in [4.69, 9.17) is 0 Å². The van der Waals surface area contributed by atoms with Gasteiger partial charge in [-0.15, -0.1) is 0 Å². The number of piperidine rings is 1. The molecule has 21 heavy (non-hydrogen) atoms. The molecule has 1 atom stereocenters. The van der Waals surface area contributed by atoms with Crippen molar-refractivity contribution < 1.29 is 9.59 Å².